The molecule has 1 aliphatic carbocycles. The Morgan fingerprint density at radius 3 is 2.74 bits per heavy atom. The molecule has 31 heavy (non-hydrogen) atoms. The maximum absolute atomic E-state index is 12.8. The van der Waals surface area contributed by atoms with Gasteiger partial charge in [0.05, 0.1) is 14.6 Å². The van der Waals surface area contributed by atoms with E-state index in [4.69, 9.17) is 13.6 Å². The average Bonchev–Trinajstić information content (AvgIpc) is 3.31. The van der Waals surface area contributed by atoms with Gasteiger partial charge in [0.1, 0.15) is 6.02 Å². The third-order valence-electron chi connectivity index (χ3n) is 6.15. The number of hydrogen-bond acceptors (Lipinski definition) is 8. The van der Waals surface area contributed by atoms with Crippen LogP contribution in [0.3, 0.4) is 0 Å². The quantitative estimate of drug-likeness (QED) is 0.419. The minimum atomic E-state index is -1.85. The van der Waals surface area contributed by atoms with E-state index in [9.17, 15) is 9.59 Å². The van der Waals surface area contributed by atoms with Gasteiger partial charge in [-0.1, -0.05) is 11.6 Å². The molecule has 0 spiro atoms. The Bertz CT molecular complexity index is 810. The first-order chi connectivity index (χ1) is 16.2. The molecule has 4 atom stereocenters. The lowest BCUT2D eigenvalue weighted by atomic mass is 9.69. The lowest BCUT2D eigenvalue weighted by Crippen LogP contribution is -2.50. The molecule has 1 aromatic heterocycles. The van der Waals surface area contributed by atoms with Crippen LogP contribution in [-0.2, 0) is 20.7 Å². The van der Waals surface area contributed by atoms with Crippen LogP contribution < -0.4 is 5.32 Å². The zero-order valence-electron chi connectivity index (χ0n) is 21.4. The van der Waals surface area contributed by atoms with Crippen molar-refractivity contribution in [3.8, 4) is 0 Å². The normalized spacial score (nSPS) is 30.9. The summed E-state index contributed by atoms with van der Waals surface area (Å²) >= 11 is 0. The van der Waals surface area contributed by atoms with Gasteiger partial charge in [0.25, 0.3) is 0 Å². The predicted octanol–water partition coefficient (Wildman–Crippen LogP) is 1.94. The molecule has 1 saturated carbocycles. The first-order valence-corrected chi connectivity index (χ1v) is 11.3. The van der Waals surface area contributed by atoms with Crippen molar-refractivity contribution < 1.29 is 23.2 Å². The van der Waals surface area contributed by atoms with E-state index in [2.05, 4.69) is 25.9 Å². The number of esters is 1. The second-order valence-corrected chi connectivity index (χ2v) is 8.14. The van der Waals surface area contributed by atoms with E-state index in [0.717, 1.165) is 19.3 Å². The largest absolute Gasteiger partial charge is 0.464 e. The van der Waals surface area contributed by atoms with E-state index in [-0.39, 0.29) is 31.5 Å². The Kier molecular flexibility index (Phi) is 7.51. The second-order valence-electron chi connectivity index (χ2n) is 8.14. The maximum Gasteiger partial charge on any atom is 0.409 e. The Balaban J connectivity index is 1.49. The summed E-state index contributed by atoms with van der Waals surface area (Å²) in [5.41, 5.74) is 0. The fraction of sp³-hybridized carbons (Fsp3) is 0.857. The molecule has 0 aromatic carbocycles. The molecular formula is C21H36N6O4. The third-order valence-corrected chi connectivity index (χ3v) is 6.15. The Hall–Kier alpha value is -2.23. The van der Waals surface area contributed by atoms with E-state index >= 15 is 0 Å². The van der Waals surface area contributed by atoms with Crippen molar-refractivity contribution in [3.05, 3.63) is 5.82 Å². The summed E-state index contributed by atoms with van der Waals surface area (Å²) in [5, 5.41) is 16.6. The fourth-order valence-corrected chi connectivity index (χ4v) is 4.33. The Morgan fingerprint density at radius 2 is 2.00 bits per heavy atom. The van der Waals surface area contributed by atoms with Crippen LogP contribution in [0.15, 0.2) is 0 Å². The monoisotopic (exact) mass is 439 g/mol. The molecule has 3 rings (SSSR count). The maximum atomic E-state index is 12.8. The van der Waals surface area contributed by atoms with Gasteiger partial charge in [-0.3, -0.25) is 4.79 Å². The number of H-pyrrole nitrogens is 1. The summed E-state index contributed by atoms with van der Waals surface area (Å²) in [7, 11) is 0. The summed E-state index contributed by atoms with van der Waals surface area (Å²) in [6, 6.07) is -1.85. The number of hydrogen-bond donors (Lipinski definition) is 2. The molecule has 2 N–H and O–H groups in total. The van der Waals surface area contributed by atoms with Crippen LogP contribution in [0, 0.1) is 17.8 Å². The molecule has 1 aliphatic heterocycles. The number of fused-ring (bicyclic) bond motifs is 1. The number of piperidine rings is 1. The third kappa shape index (κ3) is 6.88. The van der Waals surface area contributed by atoms with Crippen LogP contribution in [-0.4, -0.2) is 76.4 Å². The van der Waals surface area contributed by atoms with Crippen molar-refractivity contribution >= 4 is 12.1 Å². The van der Waals surface area contributed by atoms with Gasteiger partial charge in [0, 0.05) is 28.7 Å². The van der Waals surface area contributed by atoms with Gasteiger partial charge in [-0.25, -0.2) is 4.79 Å². The number of aryl methyl sites for hydroxylation is 1. The number of carbonyl (C=O) groups excluding carboxylic acids is 2. The Labute approximate surface area is 188 Å². The highest BCUT2D eigenvalue weighted by Crippen LogP contribution is 2.40. The van der Waals surface area contributed by atoms with Crippen molar-refractivity contribution in [1.82, 2.24) is 30.8 Å². The molecule has 174 valence electrons. The number of rotatable bonds is 10. The van der Waals surface area contributed by atoms with Gasteiger partial charge in [-0.15, -0.1) is 10.2 Å². The van der Waals surface area contributed by atoms with Crippen LogP contribution >= 0.6 is 0 Å². The Morgan fingerprint density at radius 1 is 1.19 bits per heavy atom. The van der Waals surface area contributed by atoms with Gasteiger partial charge in [-0.05, 0) is 63.8 Å². The van der Waals surface area contributed by atoms with E-state index in [1.54, 1.807) is 4.90 Å². The molecule has 2 heterocycles. The van der Waals surface area contributed by atoms with Gasteiger partial charge < -0.3 is 19.7 Å². The molecule has 0 bridgehead atoms. The molecular weight excluding hydrogens is 400 g/mol. The highest BCUT2D eigenvalue weighted by atomic mass is 16.6. The molecule has 0 radical (unpaired) electrons. The number of ether oxygens (including phenoxy) is 2. The minimum absolute atomic E-state index is 0.00288. The van der Waals surface area contributed by atoms with E-state index in [0.29, 0.717) is 44.1 Å². The number of aromatic amines is 1. The van der Waals surface area contributed by atoms with Gasteiger partial charge >= 0.3 is 12.1 Å². The van der Waals surface area contributed by atoms with Crippen molar-refractivity contribution in [2.45, 2.75) is 64.8 Å². The van der Waals surface area contributed by atoms with Crippen LogP contribution in [0.4, 0.5) is 4.79 Å². The van der Waals surface area contributed by atoms with Crippen LogP contribution in [0.25, 0.3) is 0 Å². The number of nitrogens with one attached hydrogen (secondary N) is 2. The highest BCUT2D eigenvalue weighted by Gasteiger charge is 2.38. The number of nitrogens with zero attached hydrogens (tertiary/aromatic N) is 4. The molecule has 0 unspecified atom stereocenters. The zero-order valence-corrected chi connectivity index (χ0v) is 18.4. The van der Waals surface area contributed by atoms with E-state index in [1.165, 1.54) is 0 Å². The van der Waals surface area contributed by atoms with E-state index in [1.807, 2.05) is 13.8 Å². The molecule has 1 aromatic rings. The van der Waals surface area contributed by atoms with E-state index < -0.39 is 24.6 Å². The SMILES string of the molecule is [2H]C1([2H])N[C@]([2H])(C(=O)OCCCOC(=O)N(CC)CC)C[C@H]2C[C@@H](CCc3nn[nH]n3)CC[C@H]21. The summed E-state index contributed by atoms with van der Waals surface area (Å²) < 4.78 is 36.1. The molecule has 1 amide bonds. The van der Waals surface area contributed by atoms with Gasteiger partial charge in [0.2, 0.25) is 0 Å². The van der Waals surface area contributed by atoms with Crippen molar-refractivity contribution in [2.24, 2.45) is 17.8 Å². The van der Waals surface area contributed by atoms with Crippen LogP contribution in [0.2, 0.25) is 0 Å². The van der Waals surface area contributed by atoms with Crippen molar-refractivity contribution in [3.63, 3.8) is 0 Å². The zero-order chi connectivity index (χ0) is 24.8. The number of aromatic nitrogens is 4. The second kappa shape index (κ2) is 12.0. The molecule has 2 fully saturated rings. The average molecular weight is 440 g/mol. The first-order valence-electron chi connectivity index (χ1n) is 12.8. The molecule has 10 heteroatoms. The predicted molar refractivity (Wildman–Crippen MR) is 113 cm³/mol. The molecule has 1 saturated heterocycles. The van der Waals surface area contributed by atoms with Gasteiger partial charge in [-0.2, -0.15) is 5.21 Å². The lowest BCUT2D eigenvalue weighted by Gasteiger charge is -2.42. The van der Waals surface area contributed by atoms with Crippen LogP contribution in [0.5, 0.6) is 0 Å². The number of amides is 1. The lowest BCUT2D eigenvalue weighted by molar-refractivity contribution is -0.148. The van der Waals surface area contributed by atoms with Gasteiger partial charge in [0.15, 0.2) is 5.82 Å². The molecule has 10 nitrogen and oxygen atoms in total. The summed E-state index contributed by atoms with van der Waals surface area (Å²) in [6.45, 7) is 3.11. The van der Waals surface area contributed by atoms with Crippen molar-refractivity contribution in [2.75, 3.05) is 32.8 Å². The van der Waals surface area contributed by atoms with Crippen molar-refractivity contribution in [1.29, 1.82) is 0 Å². The number of carbonyl (C=O) groups is 2. The van der Waals surface area contributed by atoms with Crippen LogP contribution in [0.1, 0.15) is 62.3 Å². The number of tetrazole rings is 1. The fourth-order valence-electron chi connectivity index (χ4n) is 4.33. The topological polar surface area (TPSA) is 122 Å². The first kappa shape index (κ1) is 19.5. The summed E-state index contributed by atoms with van der Waals surface area (Å²) in [4.78, 5) is 26.2. The smallest absolute Gasteiger partial charge is 0.409 e. The standard InChI is InChI=1S/C21H36N6O4/c1-3-27(4-2)21(29)31-11-5-10-30-20(28)18-13-17-12-15(6-8-16(17)14-22-18)7-9-19-23-25-26-24-19/h15-18,22H,3-14H2,1-2H3,(H,23,24,25,26)/t15-,16+,17-,18+/m1/s1/i14D2,18D. The summed E-state index contributed by atoms with van der Waals surface area (Å²) in [5.74, 6) is -0.128. The minimum Gasteiger partial charge on any atom is -0.464 e. The molecule has 2 aliphatic rings. The highest BCUT2D eigenvalue weighted by molar-refractivity contribution is 5.76. The summed E-state index contributed by atoms with van der Waals surface area (Å²) in [6.07, 6.45) is 3.99.